The Balaban J connectivity index is 1.88. The molecule has 1 fully saturated rings. The molecule has 0 radical (unpaired) electrons. The van der Waals surface area contributed by atoms with Crippen LogP contribution in [0.15, 0.2) is 21.5 Å². The number of hydrogen-bond acceptors (Lipinski definition) is 3. The predicted octanol–water partition coefficient (Wildman–Crippen LogP) is 2.25. The minimum atomic E-state index is -1.05. The second-order valence-electron chi connectivity index (χ2n) is 5.03. The minimum absolute atomic E-state index is 0.0410. The number of rotatable bonds is 3. The van der Waals surface area contributed by atoms with Crippen LogP contribution in [0.25, 0.3) is 11.2 Å². The number of H-pyrrole nitrogens is 1. The summed E-state index contributed by atoms with van der Waals surface area (Å²) in [6, 6.07) is 1.77. The molecule has 108 valence electrons. The summed E-state index contributed by atoms with van der Waals surface area (Å²) in [7, 11) is 0. The molecule has 0 aliphatic carbocycles. The molecule has 2 aromatic rings. The van der Waals surface area contributed by atoms with E-state index in [1.165, 1.54) is 4.57 Å². The molecule has 2 aromatic heterocycles. The molecule has 3 rings (SSSR count). The van der Waals surface area contributed by atoms with Crippen molar-refractivity contribution in [1.29, 1.82) is 0 Å². The highest BCUT2D eigenvalue weighted by Gasteiger charge is 2.25. The van der Waals surface area contributed by atoms with Crippen molar-refractivity contribution in [3.05, 3.63) is 27.2 Å². The van der Waals surface area contributed by atoms with E-state index in [0.717, 1.165) is 4.47 Å². The minimum Gasteiger partial charge on any atom is -0.381 e. The standard InChI is InChI=1S/C13H15BrFN3O2/c14-9-5-11-12(16-6-9)17-13(19)18(11)7-10(15)8-1-3-20-4-2-8/h5-6,8,10H,1-4,7H2,(H,16,17,19). The molecule has 1 atom stereocenters. The quantitative estimate of drug-likeness (QED) is 0.929. The van der Waals surface area contributed by atoms with Gasteiger partial charge in [0.15, 0.2) is 5.65 Å². The van der Waals surface area contributed by atoms with E-state index < -0.39 is 6.17 Å². The Labute approximate surface area is 123 Å². The summed E-state index contributed by atoms with van der Waals surface area (Å²) in [6.45, 7) is 1.25. The predicted molar refractivity (Wildman–Crippen MR) is 76.5 cm³/mol. The van der Waals surface area contributed by atoms with E-state index in [-0.39, 0.29) is 18.2 Å². The van der Waals surface area contributed by atoms with Gasteiger partial charge in [0.1, 0.15) is 6.17 Å². The molecule has 5 nitrogen and oxygen atoms in total. The van der Waals surface area contributed by atoms with Crippen LogP contribution in [-0.4, -0.2) is 33.9 Å². The lowest BCUT2D eigenvalue weighted by molar-refractivity contribution is 0.0328. The summed E-state index contributed by atoms with van der Waals surface area (Å²) in [5.74, 6) is -0.0410. The number of nitrogens with one attached hydrogen (secondary N) is 1. The van der Waals surface area contributed by atoms with E-state index in [2.05, 4.69) is 25.9 Å². The van der Waals surface area contributed by atoms with E-state index in [9.17, 15) is 9.18 Å². The van der Waals surface area contributed by atoms with Crippen molar-refractivity contribution in [2.75, 3.05) is 13.2 Å². The first-order chi connectivity index (χ1) is 9.65. The first-order valence-corrected chi connectivity index (χ1v) is 7.40. The van der Waals surface area contributed by atoms with Crippen LogP contribution in [0.4, 0.5) is 4.39 Å². The van der Waals surface area contributed by atoms with E-state index >= 15 is 0 Å². The van der Waals surface area contributed by atoms with Crippen LogP contribution in [0.3, 0.4) is 0 Å². The zero-order valence-electron chi connectivity index (χ0n) is 10.8. The third-order valence-corrected chi connectivity index (χ3v) is 4.16. The molecule has 1 saturated heterocycles. The normalized spacial score (nSPS) is 18.5. The van der Waals surface area contributed by atoms with Gasteiger partial charge in [0.2, 0.25) is 0 Å². The zero-order chi connectivity index (χ0) is 14.1. The third-order valence-electron chi connectivity index (χ3n) is 3.73. The van der Waals surface area contributed by atoms with Crippen LogP contribution in [0.1, 0.15) is 12.8 Å². The Morgan fingerprint density at radius 2 is 2.30 bits per heavy atom. The van der Waals surface area contributed by atoms with Crippen molar-refractivity contribution < 1.29 is 9.13 Å². The maximum atomic E-state index is 14.4. The van der Waals surface area contributed by atoms with Gasteiger partial charge in [0.25, 0.3) is 0 Å². The summed E-state index contributed by atoms with van der Waals surface area (Å²) in [5.41, 5.74) is 0.789. The van der Waals surface area contributed by atoms with E-state index in [1.54, 1.807) is 12.3 Å². The monoisotopic (exact) mass is 343 g/mol. The molecule has 1 aliphatic heterocycles. The molecule has 1 N–H and O–H groups in total. The lowest BCUT2D eigenvalue weighted by Crippen LogP contribution is -2.31. The molecule has 0 spiro atoms. The first-order valence-electron chi connectivity index (χ1n) is 6.61. The molecule has 0 saturated carbocycles. The highest BCUT2D eigenvalue weighted by atomic mass is 79.9. The van der Waals surface area contributed by atoms with Crippen LogP contribution in [0, 0.1) is 5.92 Å². The van der Waals surface area contributed by atoms with E-state index in [1.807, 2.05) is 0 Å². The summed E-state index contributed by atoms with van der Waals surface area (Å²) in [6.07, 6.45) is 1.98. The summed E-state index contributed by atoms with van der Waals surface area (Å²) < 4.78 is 21.8. The average molecular weight is 344 g/mol. The number of ether oxygens (including phenoxy) is 1. The summed E-state index contributed by atoms with van der Waals surface area (Å²) >= 11 is 3.32. The van der Waals surface area contributed by atoms with Gasteiger partial charge in [-0.05, 0) is 40.8 Å². The van der Waals surface area contributed by atoms with Crippen molar-refractivity contribution in [1.82, 2.24) is 14.5 Å². The van der Waals surface area contributed by atoms with Crippen molar-refractivity contribution in [2.45, 2.75) is 25.6 Å². The Bertz CT molecular complexity index is 663. The Morgan fingerprint density at radius 1 is 1.55 bits per heavy atom. The van der Waals surface area contributed by atoms with Crippen molar-refractivity contribution in [2.24, 2.45) is 5.92 Å². The number of aromatic amines is 1. The van der Waals surface area contributed by atoms with Gasteiger partial charge in [-0.15, -0.1) is 0 Å². The van der Waals surface area contributed by atoms with Crippen LogP contribution >= 0.6 is 15.9 Å². The number of imidazole rings is 1. The number of fused-ring (bicyclic) bond motifs is 1. The van der Waals surface area contributed by atoms with Gasteiger partial charge in [-0.25, -0.2) is 14.2 Å². The van der Waals surface area contributed by atoms with Gasteiger partial charge >= 0.3 is 5.69 Å². The fourth-order valence-corrected chi connectivity index (χ4v) is 2.91. The van der Waals surface area contributed by atoms with Crippen LogP contribution in [-0.2, 0) is 11.3 Å². The van der Waals surface area contributed by atoms with Gasteiger partial charge in [-0.2, -0.15) is 0 Å². The lowest BCUT2D eigenvalue weighted by Gasteiger charge is -2.25. The highest BCUT2D eigenvalue weighted by Crippen LogP contribution is 2.23. The van der Waals surface area contributed by atoms with Crippen LogP contribution in [0.2, 0.25) is 0 Å². The van der Waals surface area contributed by atoms with Gasteiger partial charge < -0.3 is 4.74 Å². The van der Waals surface area contributed by atoms with Gasteiger partial charge in [-0.3, -0.25) is 9.55 Å². The van der Waals surface area contributed by atoms with Crippen molar-refractivity contribution in [3.63, 3.8) is 0 Å². The second kappa shape index (κ2) is 5.65. The van der Waals surface area contributed by atoms with E-state index in [0.29, 0.717) is 37.2 Å². The molecule has 1 unspecified atom stereocenters. The highest BCUT2D eigenvalue weighted by molar-refractivity contribution is 9.10. The number of pyridine rings is 1. The third kappa shape index (κ3) is 2.64. The Kier molecular flexibility index (Phi) is 3.89. The smallest absolute Gasteiger partial charge is 0.327 e. The average Bonchev–Trinajstić information content (AvgIpc) is 2.76. The topological polar surface area (TPSA) is 59.9 Å². The fraction of sp³-hybridized carbons (Fsp3) is 0.538. The summed E-state index contributed by atoms with van der Waals surface area (Å²) in [4.78, 5) is 18.7. The number of hydrogen-bond donors (Lipinski definition) is 1. The Hall–Kier alpha value is -1.21. The van der Waals surface area contributed by atoms with Gasteiger partial charge in [-0.1, -0.05) is 0 Å². The molecule has 20 heavy (non-hydrogen) atoms. The van der Waals surface area contributed by atoms with Crippen LogP contribution < -0.4 is 5.69 Å². The number of halogens is 2. The fourth-order valence-electron chi connectivity index (χ4n) is 2.59. The zero-order valence-corrected chi connectivity index (χ0v) is 12.4. The first kappa shape index (κ1) is 13.8. The van der Waals surface area contributed by atoms with Crippen LogP contribution in [0.5, 0.6) is 0 Å². The maximum absolute atomic E-state index is 14.4. The number of alkyl halides is 1. The maximum Gasteiger partial charge on any atom is 0.327 e. The molecule has 0 amide bonds. The van der Waals surface area contributed by atoms with Gasteiger partial charge in [0.05, 0.1) is 12.1 Å². The largest absolute Gasteiger partial charge is 0.381 e. The molecule has 0 aromatic carbocycles. The SMILES string of the molecule is O=c1[nH]c2ncc(Br)cc2n1CC(F)C1CCOCC1. The second-order valence-corrected chi connectivity index (χ2v) is 5.94. The molecular weight excluding hydrogens is 329 g/mol. The molecule has 3 heterocycles. The molecule has 0 bridgehead atoms. The molecule has 7 heteroatoms. The lowest BCUT2D eigenvalue weighted by atomic mass is 9.95. The Morgan fingerprint density at radius 3 is 3.05 bits per heavy atom. The summed E-state index contributed by atoms with van der Waals surface area (Å²) in [5, 5.41) is 0. The van der Waals surface area contributed by atoms with E-state index in [4.69, 9.17) is 4.74 Å². The number of aromatic nitrogens is 3. The molecular formula is C13H15BrFN3O2. The molecule has 1 aliphatic rings. The van der Waals surface area contributed by atoms with Gasteiger partial charge in [0, 0.05) is 23.9 Å². The van der Waals surface area contributed by atoms with Crippen molar-refractivity contribution in [3.8, 4) is 0 Å². The number of nitrogens with zero attached hydrogens (tertiary/aromatic N) is 2. The van der Waals surface area contributed by atoms with Crippen molar-refractivity contribution >= 4 is 27.1 Å².